The second-order valence-corrected chi connectivity index (χ2v) is 11.3. The normalized spacial score (nSPS) is 41.9. The predicted molar refractivity (Wildman–Crippen MR) is 123 cm³/mol. The van der Waals surface area contributed by atoms with Gasteiger partial charge >= 0.3 is 0 Å². The van der Waals surface area contributed by atoms with E-state index in [0.29, 0.717) is 29.0 Å². The van der Waals surface area contributed by atoms with Gasteiger partial charge in [0.15, 0.2) is 0 Å². The summed E-state index contributed by atoms with van der Waals surface area (Å²) in [5.74, 6) is 0.810. The molecule has 0 N–H and O–H groups in total. The lowest BCUT2D eigenvalue weighted by atomic mass is 9.40. The molecule has 9 rings (SSSR count). The number of benzene rings is 2. The van der Waals surface area contributed by atoms with Crippen molar-refractivity contribution in [3.63, 3.8) is 0 Å². The Morgan fingerprint density at radius 3 is 2.07 bits per heavy atom. The monoisotopic (exact) mass is 400 g/mol. The smallest absolute Gasteiger partial charge is 0.0326 e. The van der Waals surface area contributed by atoms with E-state index < -0.39 is 0 Å². The minimum atomic E-state index is 0.386. The molecule has 0 spiro atoms. The lowest BCUT2D eigenvalue weighted by molar-refractivity contribution is -0.300. The molecule has 0 radical (unpaired) electrons. The molecule has 2 aliphatic carbocycles. The third-order valence-corrected chi connectivity index (χ3v) is 9.63. The summed E-state index contributed by atoms with van der Waals surface area (Å²) in [4.78, 5) is 5.92. The first-order chi connectivity index (χ1) is 14.4. The fourth-order valence-electron chi connectivity index (χ4n) is 8.78. The molecule has 2 nitrogen and oxygen atoms in total. The molecule has 7 aliphatic rings. The Morgan fingerprint density at radius 1 is 0.867 bits per heavy atom. The van der Waals surface area contributed by atoms with Crippen LogP contribution in [-0.2, 0) is 0 Å². The third-order valence-electron chi connectivity index (χ3n) is 9.63. The summed E-state index contributed by atoms with van der Waals surface area (Å²) in [5.41, 5.74) is 3.76. The molecule has 30 heavy (non-hydrogen) atoms. The second-order valence-electron chi connectivity index (χ2n) is 11.3. The number of piperidine rings is 5. The predicted octanol–water partition coefficient (Wildman–Crippen LogP) is 6.07. The zero-order chi connectivity index (χ0) is 20.7. The van der Waals surface area contributed by atoms with Gasteiger partial charge in [0.25, 0.3) is 0 Å². The van der Waals surface area contributed by atoms with Gasteiger partial charge in [0.05, 0.1) is 0 Å². The Hall–Kier alpha value is -1.64. The Bertz CT molecular complexity index is 926. The Morgan fingerprint density at radius 2 is 1.47 bits per heavy atom. The molecule has 2 heteroatoms. The van der Waals surface area contributed by atoms with Crippen molar-refractivity contribution in [3.8, 4) is 0 Å². The lowest BCUT2D eigenvalue weighted by Gasteiger charge is -2.80. The summed E-state index contributed by atoms with van der Waals surface area (Å²) in [7, 11) is 0. The van der Waals surface area contributed by atoms with Crippen LogP contribution in [0.4, 0.5) is 0 Å². The Labute approximate surface area is 182 Å². The van der Waals surface area contributed by atoms with Gasteiger partial charge in [0.1, 0.15) is 0 Å². The summed E-state index contributed by atoms with van der Waals surface area (Å²) in [6, 6.07) is 25.7. The third kappa shape index (κ3) is 2.38. The van der Waals surface area contributed by atoms with Gasteiger partial charge in [-0.15, -0.1) is 0 Å². The second kappa shape index (κ2) is 6.43. The molecule has 8 atom stereocenters. The van der Waals surface area contributed by atoms with E-state index in [9.17, 15) is 0 Å². The average Bonchev–Trinajstić information content (AvgIpc) is 2.77. The number of fused-ring (bicyclic) bond motifs is 2. The Kier molecular flexibility index (Phi) is 4.09. The number of hydrogen-bond acceptors (Lipinski definition) is 2. The van der Waals surface area contributed by atoms with Gasteiger partial charge < -0.3 is 0 Å². The molecular formula is C28H36N2. The minimum Gasteiger partial charge on any atom is -0.292 e. The molecule has 158 valence electrons. The van der Waals surface area contributed by atoms with Crippen LogP contribution in [0.3, 0.4) is 0 Å². The highest BCUT2D eigenvalue weighted by atomic mass is 15.4. The molecule has 5 aliphatic heterocycles. The number of nitrogens with zero attached hydrogens (tertiary/aromatic N) is 2. The fraction of sp³-hybridized carbons (Fsp3) is 0.571. The molecule has 1 unspecified atom stereocenters. The molecule has 0 amide bonds. The van der Waals surface area contributed by atoms with E-state index in [1.165, 1.54) is 36.9 Å². The van der Waals surface area contributed by atoms with Crippen molar-refractivity contribution < 1.29 is 0 Å². The van der Waals surface area contributed by atoms with Crippen molar-refractivity contribution in [1.82, 2.24) is 9.80 Å². The van der Waals surface area contributed by atoms with Crippen LogP contribution < -0.4 is 0 Å². The van der Waals surface area contributed by atoms with Crippen LogP contribution in [0.5, 0.6) is 0 Å². The maximum atomic E-state index is 2.99. The summed E-state index contributed by atoms with van der Waals surface area (Å²) < 4.78 is 0. The highest BCUT2D eigenvalue weighted by molar-refractivity contribution is 5.31. The summed E-state index contributed by atoms with van der Waals surface area (Å²) in [5, 5.41) is 0. The van der Waals surface area contributed by atoms with Crippen LogP contribution in [0.25, 0.3) is 0 Å². The maximum absolute atomic E-state index is 2.99. The van der Waals surface area contributed by atoms with E-state index in [1.54, 1.807) is 0 Å². The Balaban J connectivity index is 1.40. The van der Waals surface area contributed by atoms with Gasteiger partial charge in [-0.05, 0) is 61.0 Å². The van der Waals surface area contributed by atoms with Crippen LogP contribution >= 0.6 is 0 Å². The SMILES string of the molecule is C[C@H](c1ccccc1)N1CC2(C)C[C@H]3[C@H]4CC[C@](C)([C@@H]2N4[C@H](C)c2ccccc2)[C@@H]31. The molecular weight excluding hydrogens is 364 g/mol. The molecule has 2 aromatic carbocycles. The van der Waals surface area contributed by atoms with E-state index in [4.69, 9.17) is 0 Å². The molecule has 5 heterocycles. The molecule has 6 bridgehead atoms. The van der Waals surface area contributed by atoms with Gasteiger partial charge in [-0.2, -0.15) is 0 Å². The average molecular weight is 401 g/mol. The van der Waals surface area contributed by atoms with Crippen molar-refractivity contribution >= 4 is 0 Å². The first-order valence-electron chi connectivity index (χ1n) is 12.1. The quantitative estimate of drug-likeness (QED) is 0.614. The van der Waals surface area contributed by atoms with Gasteiger partial charge in [-0.3, -0.25) is 9.80 Å². The van der Waals surface area contributed by atoms with Gasteiger partial charge in [-0.25, -0.2) is 0 Å². The molecule has 7 fully saturated rings. The molecule has 0 aromatic heterocycles. The van der Waals surface area contributed by atoms with Crippen LogP contribution in [0.15, 0.2) is 60.7 Å². The first-order valence-corrected chi connectivity index (χ1v) is 12.1. The van der Waals surface area contributed by atoms with E-state index in [0.717, 1.165) is 18.0 Å². The van der Waals surface area contributed by atoms with Crippen molar-refractivity contribution in [3.05, 3.63) is 71.8 Å². The van der Waals surface area contributed by atoms with Crippen LogP contribution in [0.2, 0.25) is 0 Å². The largest absolute Gasteiger partial charge is 0.292 e. The maximum Gasteiger partial charge on any atom is 0.0326 e. The van der Waals surface area contributed by atoms with Crippen molar-refractivity contribution in [2.24, 2.45) is 16.7 Å². The number of hydrogen-bond donors (Lipinski definition) is 0. The van der Waals surface area contributed by atoms with E-state index >= 15 is 0 Å². The summed E-state index contributed by atoms with van der Waals surface area (Å²) >= 11 is 0. The van der Waals surface area contributed by atoms with E-state index in [1.807, 2.05) is 0 Å². The lowest BCUT2D eigenvalue weighted by Crippen LogP contribution is -2.85. The van der Waals surface area contributed by atoms with Gasteiger partial charge in [-0.1, -0.05) is 74.5 Å². The van der Waals surface area contributed by atoms with Gasteiger partial charge in [0.2, 0.25) is 0 Å². The zero-order valence-corrected chi connectivity index (χ0v) is 19.0. The topological polar surface area (TPSA) is 6.48 Å². The number of rotatable bonds is 4. The minimum absolute atomic E-state index is 0.386. The standard InChI is InChI=1S/C28H36N2/c1-19(21-11-7-5-8-12-21)29-18-27(3)17-23-24-15-16-28(4,25(23)29)26(27)30(24)20(2)22-13-9-6-10-14-22/h5-14,19-20,23-26H,15-18H2,1-4H3/t19-,20-,23+,24-,25-,26-,27?,28+/m1/s1. The van der Waals surface area contributed by atoms with Crippen LogP contribution in [-0.4, -0.2) is 34.5 Å². The summed E-state index contributed by atoms with van der Waals surface area (Å²) in [6.07, 6.45) is 4.21. The van der Waals surface area contributed by atoms with E-state index in [2.05, 4.69) is 98.2 Å². The molecule has 5 saturated heterocycles. The van der Waals surface area contributed by atoms with Crippen LogP contribution in [0, 0.1) is 16.7 Å². The van der Waals surface area contributed by atoms with Crippen molar-refractivity contribution in [2.45, 2.75) is 77.2 Å². The molecule has 2 aromatic rings. The summed E-state index contributed by atoms with van der Waals surface area (Å²) in [6.45, 7) is 11.4. The first kappa shape index (κ1) is 19.1. The van der Waals surface area contributed by atoms with E-state index in [-0.39, 0.29) is 0 Å². The van der Waals surface area contributed by atoms with Gasteiger partial charge in [0, 0.05) is 36.8 Å². The highest BCUT2D eigenvalue weighted by Crippen LogP contribution is 2.70. The zero-order valence-electron chi connectivity index (χ0n) is 19.0. The highest BCUT2D eigenvalue weighted by Gasteiger charge is 2.73. The van der Waals surface area contributed by atoms with Crippen molar-refractivity contribution in [1.29, 1.82) is 0 Å². The fourth-order valence-corrected chi connectivity index (χ4v) is 8.78. The molecule has 2 saturated carbocycles. The van der Waals surface area contributed by atoms with Crippen LogP contribution in [0.1, 0.15) is 70.2 Å². The van der Waals surface area contributed by atoms with Crippen molar-refractivity contribution in [2.75, 3.05) is 6.54 Å².